The first-order valence-electron chi connectivity index (χ1n) is 11.5. The number of carbonyl (C=O) groups is 2. The average Bonchev–Trinajstić information content (AvgIpc) is 2.85. The molecule has 0 aliphatic heterocycles. The van der Waals surface area contributed by atoms with Crippen LogP contribution in [0, 0.1) is 0 Å². The smallest absolute Gasteiger partial charge is 0.251 e. The molecular formula is C26H34N2O3S. The Morgan fingerprint density at radius 1 is 1.03 bits per heavy atom. The van der Waals surface area contributed by atoms with E-state index in [0.717, 1.165) is 11.5 Å². The summed E-state index contributed by atoms with van der Waals surface area (Å²) in [6.07, 6.45) is 9.14. The molecule has 5 nitrogen and oxygen atoms in total. The first-order chi connectivity index (χ1) is 15.7. The number of thioether (sulfide) groups is 1. The lowest BCUT2D eigenvalue weighted by atomic mass is 9.84. The average molecular weight is 455 g/mol. The maximum atomic E-state index is 12.7. The number of carbonyl (C=O) groups excluding carboxylic acids is 2. The molecule has 0 spiro atoms. The lowest BCUT2D eigenvalue weighted by Gasteiger charge is -2.22. The fraction of sp³-hybridized carbons (Fsp3) is 0.462. The molecule has 0 radical (unpaired) electrons. The Hall–Kier alpha value is -2.47. The zero-order valence-electron chi connectivity index (χ0n) is 18.8. The Bertz CT molecular complexity index is 836. The van der Waals surface area contributed by atoms with E-state index >= 15 is 0 Å². The zero-order valence-corrected chi connectivity index (χ0v) is 19.7. The van der Waals surface area contributed by atoms with E-state index < -0.39 is 6.04 Å². The van der Waals surface area contributed by atoms with Gasteiger partial charge in [0.1, 0.15) is 18.4 Å². The van der Waals surface area contributed by atoms with E-state index in [-0.39, 0.29) is 11.8 Å². The number of rotatable bonds is 11. The van der Waals surface area contributed by atoms with E-state index in [1.807, 2.05) is 36.6 Å². The van der Waals surface area contributed by atoms with Crippen molar-refractivity contribution in [3.8, 4) is 5.75 Å². The second kappa shape index (κ2) is 13.2. The third-order valence-electron chi connectivity index (χ3n) is 5.90. The van der Waals surface area contributed by atoms with Gasteiger partial charge in [-0.3, -0.25) is 9.59 Å². The summed E-state index contributed by atoms with van der Waals surface area (Å²) in [4.78, 5) is 25.1. The second-order valence-electron chi connectivity index (χ2n) is 8.22. The van der Waals surface area contributed by atoms with Crippen LogP contribution in [0.25, 0.3) is 0 Å². The zero-order chi connectivity index (χ0) is 22.6. The number of ether oxygens (including phenoxy) is 1. The molecule has 2 amide bonds. The topological polar surface area (TPSA) is 67.4 Å². The van der Waals surface area contributed by atoms with Gasteiger partial charge in [0.25, 0.3) is 5.91 Å². The molecule has 1 aliphatic carbocycles. The monoisotopic (exact) mass is 454 g/mol. The molecule has 3 rings (SSSR count). The molecule has 0 unspecified atom stereocenters. The van der Waals surface area contributed by atoms with E-state index in [4.69, 9.17) is 4.74 Å². The normalized spacial score (nSPS) is 15.0. The molecule has 1 atom stereocenters. The lowest BCUT2D eigenvalue weighted by Crippen LogP contribution is -2.47. The first-order valence-corrected chi connectivity index (χ1v) is 12.9. The SMILES string of the molecule is CSCC[C@@H](NC(=O)c1ccccc1)C(=O)NCCOc1ccc(C2CCCCC2)cc1. The van der Waals surface area contributed by atoms with Crippen LogP contribution in [-0.2, 0) is 4.79 Å². The van der Waals surface area contributed by atoms with Crippen LogP contribution in [0.4, 0.5) is 0 Å². The van der Waals surface area contributed by atoms with Crippen LogP contribution in [0.15, 0.2) is 54.6 Å². The molecule has 172 valence electrons. The fourth-order valence-corrected chi connectivity index (χ4v) is 4.55. The number of amides is 2. The maximum absolute atomic E-state index is 12.7. The molecule has 1 aliphatic rings. The van der Waals surface area contributed by atoms with Gasteiger partial charge < -0.3 is 15.4 Å². The summed E-state index contributed by atoms with van der Waals surface area (Å²) in [6.45, 7) is 0.774. The van der Waals surface area contributed by atoms with Gasteiger partial charge in [0.15, 0.2) is 0 Å². The van der Waals surface area contributed by atoms with Crippen molar-refractivity contribution in [3.63, 3.8) is 0 Å². The Labute approximate surface area is 195 Å². The minimum Gasteiger partial charge on any atom is -0.492 e. The van der Waals surface area contributed by atoms with Gasteiger partial charge in [-0.15, -0.1) is 0 Å². The summed E-state index contributed by atoms with van der Waals surface area (Å²) in [5, 5.41) is 5.75. The third-order valence-corrected chi connectivity index (χ3v) is 6.54. The fourth-order valence-electron chi connectivity index (χ4n) is 4.07. The number of hydrogen-bond donors (Lipinski definition) is 2. The molecule has 32 heavy (non-hydrogen) atoms. The van der Waals surface area contributed by atoms with Crippen molar-refractivity contribution < 1.29 is 14.3 Å². The molecule has 1 fully saturated rings. The minimum absolute atomic E-state index is 0.181. The van der Waals surface area contributed by atoms with E-state index in [1.165, 1.54) is 37.7 Å². The van der Waals surface area contributed by atoms with Gasteiger partial charge in [0.05, 0.1) is 6.54 Å². The summed E-state index contributed by atoms with van der Waals surface area (Å²) < 4.78 is 5.80. The molecule has 0 saturated heterocycles. The molecule has 0 bridgehead atoms. The van der Waals surface area contributed by atoms with Crippen LogP contribution in [0.1, 0.15) is 60.4 Å². The Morgan fingerprint density at radius 3 is 2.44 bits per heavy atom. The predicted molar refractivity (Wildman–Crippen MR) is 131 cm³/mol. The minimum atomic E-state index is -0.565. The van der Waals surface area contributed by atoms with Gasteiger partial charge in [0.2, 0.25) is 5.91 Å². The molecule has 2 N–H and O–H groups in total. The van der Waals surface area contributed by atoms with Crippen molar-refractivity contribution in [2.75, 3.05) is 25.2 Å². The van der Waals surface area contributed by atoms with Gasteiger partial charge >= 0.3 is 0 Å². The highest BCUT2D eigenvalue weighted by molar-refractivity contribution is 7.98. The number of hydrogen-bond acceptors (Lipinski definition) is 4. The van der Waals surface area contributed by atoms with Crippen molar-refractivity contribution >= 4 is 23.6 Å². The van der Waals surface area contributed by atoms with Crippen LogP contribution in [0.5, 0.6) is 5.75 Å². The van der Waals surface area contributed by atoms with E-state index in [1.54, 1.807) is 23.9 Å². The standard InChI is InChI=1S/C26H34N2O3S/c1-32-19-16-24(28-25(29)22-10-6-3-7-11-22)26(30)27-17-18-31-23-14-12-21(13-15-23)20-8-4-2-5-9-20/h3,6-7,10-15,20,24H,2,4-5,8-9,16-19H2,1H3,(H,27,30)(H,28,29)/t24-/m1/s1. The largest absolute Gasteiger partial charge is 0.492 e. The highest BCUT2D eigenvalue weighted by atomic mass is 32.2. The van der Waals surface area contributed by atoms with Gasteiger partial charge in [-0.2, -0.15) is 11.8 Å². The first kappa shape index (κ1) is 24.2. The Balaban J connectivity index is 1.43. The molecule has 6 heteroatoms. The van der Waals surface area contributed by atoms with Crippen LogP contribution < -0.4 is 15.4 Å². The molecule has 2 aromatic rings. The van der Waals surface area contributed by atoms with Gasteiger partial charge in [-0.25, -0.2) is 0 Å². The highest BCUT2D eigenvalue weighted by Crippen LogP contribution is 2.33. The molecule has 0 aromatic heterocycles. The molecule has 1 saturated carbocycles. The van der Waals surface area contributed by atoms with E-state index in [9.17, 15) is 9.59 Å². The third kappa shape index (κ3) is 7.59. The van der Waals surface area contributed by atoms with Gasteiger partial charge in [-0.05, 0) is 67.0 Å². The highest BCUT2D eigenvalue weighted by Gasteiger charge is 2.21. The summed E-state index contributed by atoms with van der Waals surface area (Å²) in [5.41, 5.74) is 1.95. The van der Waals surface area contributed by atoms with E-state index in [0.29, 0.717) is 31.1 Å². The number of benzene rings is 2. The Kier molecular flexibility index (Phi) is 9.95. The Morgan fingerprint density at radius 2 is 1.75 bits per heavy atom. The quantitative estimate of drug-likeness (QED) is 0.480. The maximum Gasteiger partial charge on any atom is 0.251 e. The van der Waals surface area contributed by atoms with Crippen molar-refractivity contribution in [1.82, 2.24) is 10.6 Å². The molecule has 0 heterocycles. The molecule has 2 aromatic carbocycles. The lowest BCUT2D eigenvalue weighted by molar-refractivity contribution is -0.123. The van der Waals surface area contributed by atoms with Crippen molar-refractivity contribution in [3.05, 3.63) is 65.7 Å². The van der Waals surface area contributed by atoms with Gasteiger partial charge in [-0.1, -0.05) is 49.6 Å². The van der Waals surface area contributed by atoms with Gasteiger partial charge in [0, 0.05) is 5.56 Å². The van der Waals surface area contributed by atoms with Crippen LogP contribution in [-0.4, -0.2) is 43.0 Å². The van der Waals surface area contributed by atoms with Crippen LogP contribution >= 0.6 is 11.8 Å². The van der Waals surface area contributed by atoms with E-state index in [2.05, 4.69) is 22.8 Å². The second-order valence-corrected chi connectivity index (χ2v) is 9.20. The summed E-state index contributed by atoms with van der Waals surface area (Å²) in [7, 11) is 0. The van der Waals surface area contributed by atoms with Crippen molar-refractivity contribution in [2.24, 2.45) is 0 Å². The van der Waals surface area contributed by atoms with Crippen molar-refractivity contribution in [1.29, 1.82) is 0 Å². The molecular weight excluding hydrogens is 420 g/mol. The van der Waals surface area contributed by atoms with Crippen LogP contribution in [0.2, 0.25) is 0 Å². The summed E-state index contributed by atoms with van der Waals surface area (Å²) >= 11 is 1.65. The summed E-state index contributed by atoms with van der Waals surface area (Å²) in [6, 6.07) is 16.8. The van der Waals surface area contributed by atoms with Crippen molar-refractivity contribution in [2.45, 2.75) is 50.5 Å². The van der Waals surface area contributed by atoms with Crippen LogP contribution in [0.3, 0.4) is 0 Å². The predicted octanol–water partition coefficient (Wildman–Crippen LogP) is 4.78. The number of nitrogens with one attached hydrogen (secondary N) is 2. The summed E-state index contributed by atoms with van der Waals surface area (Å²) in [5.74, 6) is 1.87.